The minimum atomic E-state index is -0.980. The zero-order chi connectivity index (χ0) is 24.0. The van der Waals surface area contributed by atoms with Gasteiger partial charge in [-0.25, -0.2) is 18.7 Å². The maximum absolute atomic E-state index is 15.1. The van der Waals surface area contributed by atoms with Crippen LogP contribution < -0.4 is 15.0 Å². The van der Waals surface area contributed by atoms with Gasteiger partial charge in [-0.15, -0.1) is 0 Å². The number of aliphatic hydroxyl groups is 1. The molecule has 1 fully saturated rings. The number of benzene rings is 1. The lowest BCUT2D eigenvalue weighted by Crippen LogP contribution is -2.42. The van der Waals surface area contributed by atoms with Crippen LogP contribution in [-0.2, 0) is 0 Å². The molecule has 0 radical (unpaired) electrons. The third-order valence-corrected chi connectivity index (χ3v) is 6.00. The van der Waals surface area contributed by atoms with E-state index in [1.807, 2.05) is 11.8 Å². The SMILES string of the molecule is CCC(CO)=C1CN(c2nc(Oc3cnc(C)nc3)nc3[nH]c4c(NC)cc(F)c(F)c4c23)C1. The summed E-state index contributed by atoms with van der Waals surface area (Å²) in [6.07, 6.45) is 3.75. The quantitative estimate of drug-likeness (QED) is 0.367. The van der Waals surface area contributed by atoms with E-state index in [9.17, 15) is 9.50 Å². The maximum Gasteiger partial charge on any atom is 0.326 e. The van der Waals surface area contributed by atoms with Gasteiger partial charge in [0.2, 0.25) is 0 Å². The molecule has 0 amide bonds. The van der Waals surface area contributed by atoms with Crippen LogP contribution in [0.3, 0.4) is 0 Å². The molecule has 1 saturated heterocycles. The average molecular weight is 467 g/mol. The molecule has 34 heavy (non-hydrogen) atoms. The fourth-order valence-corrected chi connectivity index (χ4v) is 4.13. The highest BCUT2D eigenvalue weighted by Gasteiger charge is 2.30. The molecule has 4 aromatic rings. The second-order valence-electron chi connectivity index (χ2n) is 8.04. The number of ether oxygens (including phenoxy) is 1. The Labute approximate surface area is 193 Å². The van der Waals surface area contributed by atoms with Crippen LogP contribution in [0.1, 0.15) is 19.2 Å². The predicted octanol–water partition coefficient (Wildman–Crippen LogP) is 3.84. The van der Waals surface area contributed by atoms with Gasteiger partial charge in [-0.3, -0.25) is 0 Å². The van der Waals surface area contributed by atoms with E-state index in [-0.39, 0.29) is 18.0 Å². The number of nitrogens with one attached hydrogen (secondary N) is 2. The van der Waals surface area contributed by atoms with Gasteiger partial charge in [0.1, 0.15) is 17.3 Å². The van der Waals surface area contributed by atoms with Crippen molar-refractivity contribution in [1.29, 1.82) is 0 Å². The first-order valence-electron chi connectivity index (χ1n) is 10.8. The summed E-state index contributed by atoms with van der Waals surface area (Å²) in [5.41, 5.74) is 3.13. The number of aliphatic hydroxyl groups excluding tert-OH is 1. The van der Waals surface area contributed by atoms with Gasteiger partial charge in [-0.2, -0.15) is 9.97 Å². The van der Waals surface area contributed by atoms with Crippen LogP contribution in [0.15, 0.2) is 29.6 Å². The molecule has 0 atom stereocenters. The molecule has 1 aliphatic heterocycles. The number of rotatable bonds is 6. The third kappa shape index (κ3) is 3.58. The Balaban J connectivity index is 1.69. The molecule has 4 heterocycles. The van der Waals surface area contributed by atoms with Crippen molar-refractivity contribution in [3.05, 3.63) is 47.1 Å². The van der Waals surface area contributed by atoms with Crippen molar-refractivity contribution in [3.63, 3.8) is 0 Å². The first-order valence-corrected chi connectivity index (χ1v) is 10.8. The Hall–Kier alpha value is -3.86. The number of hydrogen-bond acceptors (Lipinski definition) is 8. The molecule has 1 aliphatic rings. The van der Waals surface area contributed by atoms with Crippen LogP contribution >= 0.6 is 0 Å². The monoisotopic (exact) mass is 467 g/mol. The molecule has 1 aromatic carbocycles. The lowest BCUT2D eigenvalue weighted by molar-refractivity contribution is 0.324. The van der Waals surface area contributed by atoms with Crippen molar-refractivity contribution >= 4 is 33.4 Å². The first-order chi connectivity index (χ1) is 16.4. The van der Waals surface area contributed by atoms with Crippen molar-refractivity contribution < 1.29 is 18.6 Å². The molecular formula is C23H23F2N7O2. The number of aromatic amines is 1. The highest BCUT2D eigenvalue weighted by atomic mass is 19.2. The number of hydrogen-bond donors (Lipinski definition) is 3. The van der Waals surface area contributed by atoms with Gasteiger partial charge in [0, 0.05) is 26.2 Å². The number of nitrogens with zero attached hydrogens (tertiary/aromatic N) is 5. The van der Waals surface area contributed by atoms with Gasteiger partial charge in [0.05, 0.1) is 41.0 Å². The smallest absolute Gasteiger partial charge is 0.326 e. The second-order valence-corrected chi connectivity index (χ2v) is 8.04. The Bertz CT molecular complexity index is 1420. The normalized spacial score (nSPS) is 13.5. The predicted molar refractivity (Wildman–Crippen MR) is 124 cm³/mol. The van der Waals surface area contributed by atoms with E-state index in [4.69, 9.17) is 4.74 Å². The van der Waals surface area contributed by atoms with Crippen molar-refractivity contribution in [2.75, 3.05) is 37.0 Å². The lowest BCUT2D eigenvalue weighted by atomic mass is 9.99. The van der Waals surface area contributed by atoms with Gasteiger partial charge in [0.25, 0.3) is 0 Å². The van der Waals surface area contributed by atoms with Crippen LogP contribution in [0.4, 0.5) is 20.3 Å². The summed E-state index contributed by atoms with van der Waals surface area (Å²) in [6, 6.07) is 1.11. The lowest BCUT2D eigenvalue weighted by Gasteiger charge is -2.37. The summed E-state index contributed by atoms with van der Waals surface area (Å²) in [7, 11) is 1.63. The third-order valence-electron chi connectivity index (χ3n) is 6.00. The maximum atomic E-state index is 15.1. The van der Waals surface area contributed by atoms with Gasteiger partial charge in [0.15, 0.2) is 17.4 Å². The van der Waals surface area contributed by atoms with Crippen molar-refractivity contribution in [2.45, 2.75) is 20.3 Å². The molecular weight excluding hydrogens is 444 g/mol. The largest absolute Gasteiger partial charge is 0.421 e. The van der Waals surface area contributed by atoms with E-state index in [0.717, 1.165) is 23.6 Å². The Kier molecular flexibility index (Phi) is 5.48. The van der Waals surface area contributed by atoms with Crippen molar-refractivity contribution in [1.82, 2.24) is 24.9 Å². The summed E-state index contributed by atoms with van der Waals surface area (Å²) >= 11 is 0. The molecule has 0 saturated carbocycles. The summed E-state index contributed by atoms with van der Waals surface area (Å²) in [5, 5.41) is 12.9. The number of halogens is 2. The molecule has 11 heteroatoms. The van der Waals surface area contributed by atoms with E-state index in [2.05, 4.69) is 30.2 Å². The van der Waals surface area contributed by atoms with E-state index < -0.39 is 11.6 Å². The Morgan fingerprint density at radius 1 is 1.21 bits per heavy atom. The molecule has 0 aliphatic carbocycles. The van der Waals surface area contributed by atoms with Gasteiger partial charge in [-0.1, -0.05) is 6.92 Å². The number of H-pyrrole nitrogens is 1. The van der Waals surface area contributed by atoms with E-state index >= 15 is 4.39 Å². The van der Waals surface area contributed by atoms with E-state index in [1.54, 1.807) is 14.0 Å². The Morgan fingerprint density at radius 2 is 1.94 bits per heavy atom. The molecule has 0 bridgehead atoms. The van der Waals surface area contributed by atoms with Gasteiger partial charge < -0.3 is 25.0 Å². The van der Waals surface area contributed by atoms with Gasteiger partial charge in [-0.05, 0) is 24.5 Å². The van der Waals surface area contributed by atoms with Crippen LogP contribution in [-0.4, -0.2) is 56.8 Å². The first kappa shape index (κ1) is 22.0. The van der Waals surface area contributed by atoms with E-state index in [0.29, 0.717) is 52.7 Å². The van der Waals surface area contributed by atoms with Crippen LogP contribution in [0.2, 0.25) is 0 Å². The van der Waals surface area contributed by atoms with Crippen molar-refractivity contribution in [3.8, 4) is 11.8 Å². The number of aromatic nitrogens is 5. The van der Waals surface area contributed by atoms with Crippen LogP contribution in [0, 0.1) is 18.6 Å². The number of aryl methyl sites for hydroxylation is 1. The fourth-order valence-electron chi connectivity index (χ4n) is 4.13. The zero-order valence-corrected chi connectivity index (χ0v) is 18.9. The average Bonchev–Trinajstić information content (AvgIpc) is 3.19. The highest BCUT2D eigenvalue weighted by molar-refractivity contribution is 6.15. The molecule has 0 spiro atoms. The zero-order valence-electron chi connectivity index (χ0n) is 18.9. The summed E-state index contributed by atoms with van der Waals surface area (Å²) in [4.78, 5) is 22.2. The number of fused-ring (bicyclic) bond motifs is 3. The molecule has 3 N–H and O–H groups in total. The van der Waals surface area contributed by atoms with Gasteiger partial charge >= 0.3 is 6.01 Å². The fraction of sp³-hybridized carbons (Fsp3) is 0.304. The summed E-state index contributed by atoms with van der Waals surface area (Å²) < 4.78 is 35.3. The molecule has 5 rings (SSSR count). The topological polar surface area (TPSA) is 112 Å². The molecule has 0 unspecified atom stereocenters. The van der Waals surface area contributed by atoms with Crippen LogP contribution in [0.5, 0.6) is 11.8 Å². The summed E-state index contributed by atoms with van der Waals surface area (Å²) in [5.74, 6) is -0.612. The minimum Gasteiger partial charge on any atom is -0.421 e. The van der Waals surface area contributed by atoms with E-state index in [1.165, 1.54) is 12.4 Å². The summed E-state index contributed by atoms with van der Waals surface area (Å²) in [6.45, 7) is 4.74. The Morgan fingerprint density at radius 3 is 2.59 bits per heavy atom. The standard InChI is InChI=1S/C23H23F2N7O2/c1-4-12(10-33)13-8-32(9-13)22-18-17-19(25)15(24)5-16(26-3)20(17)29-21(18)30-23(31-22)34-14-6-27-11(2)28-7-14/h5-7,26,33H,4,8-10H2,1-3H3,(H,29,30,31). The second kappa shape index (κ2) is 8.49. The van der Waals surface area contributed by atoms with Crippen LogP contribution in [0.25, 0.3) is 21.9 Å². The molecule has 176 valence electrons. The number of anilines is 2. The minimum absolute atomic E-state index is 0.0148. The molecule has 3 aromatic heterocycles. The molecule has 9 nitrogen and oxygen atoms in total. The van der Waals surface area contributed by atoms with Crippen molar-refractivity contribution in [2.24, 2.45) is 0 Å². The highest BCUT2D eigenvalue weighted by Crippen LogP contribution is 2.40.